The molecule has 3 aromatic carbocycles. The molecule has 42 heavy (non-hydrogen) atoms. The molecule has 9 nitrogen and oxygen atoms in total. The van der Waals surface area contributed by atoms with E-state index in [1.165, 1.54) is 0 Å². The van der Waals surface area contributed by atoms with Gasteiger partial charge in [-0.3, -0.25) is 14.8 Å². The molecule has 0 aliphatic carbocycles. The quantitative estimate of drug-likeness (QED) is 0.265. The molecule has 1 fully saturated rings. The van der Waals surface area contributed by atoms with Crippen LogP contribution in [0.1, 0.15) is 17.2 Å². The van der Waals surface area contributed by atoms with Crippen molar-refractivity contribution in [2.45, 2.75) is 12.1 Å². The maximum Gasteiger partial charge on any atom is 0.165 e. The van der Waals surface area contributed by atoms with E-state index in [0.29, 0.717) is 29.5 Å². The number of ether oxygens (including phenoxy) is 5. The van der Waals surface area contributed by atoms with Crippen LogP contribution in [0.3, 0.4) is 0 Å². The molecule has 0 radical (unpaired) electrons. The van der Waals surface area contributed by atoms with Crippen molar-refractivity contribution < 1.29 is 28.8 Å². The molecule has 0 bridgehead atoms. The summed E-state index contributed by atoms with van der Waals surface area (Å²) in [6.45, 7) is 3.92. The number of methoxy groups -OCH3 is 4. The fourth-order valence-corrected chi connectivity index (χ4v) is 5.68. The van der Waals surface area contributed by atoms with Crippen molar-refractivity contribution in [3.05, 3.63) is 84.1 Å². The van der Waals surface area contributed by atoms with E-state index in [9.17, 15) is 5.11 Å². The van der Waals surface area contributed by atoms with Crippen LogP contribution in [0.15, 0.2) is 72.9 Å². The van der Waals surface area contributed by atoms with Gasteiger partial charge in [-0.15, -0.1) is 0 Å². The van der Waals surface area contributed by atoms with Crippen LogP contribution in [0.2, 0.25) is 0 Å². The number of rotatable bonds is 12. The predicted molar refractivity (Wildman–Crippen MR) is 162 cm³/mol. The molecule has 1 aromatic heterocycles. The second-order valence-electron chi connectivity index (χ2n) is 10.2. The largest absolute Gasteiger partial charge is 0.493 e. The summed E-state index contributed by atoms with van der Waals surface area (Å²) < 4.78 is 28.6. The highest BCUT2D eigenvalue weighted by Crippen LogP contribution is 2.42. The van der Waals surface area contributed by atoms with Crippen molar-refractivity contribution in [3.63, 3.8) is 0 Å². The van der Waals surface area contributed by atoms with Crippen molar-refractivity contribution in [2.75, 3.05) is 67.8 Å². The third-order valence-corrected chi connectivity index (χ3v) is 7.73. The first kappa shape index (κ1) is 29.4. The molecule has 2 atom stereocenters. The summed E-state index contributed by atoms with van der Waals surface area (Å²) in [6, 6.07) is 21.6. The van der Waals surface area contributed by atoms with E-state index in [1.54, 1.807) is 34.6 Å². The van der Waals surface area contributed by atoms with E-state index >= 15 is 0 Å². The number of piperazine rings is 1. The maximum absolute atomic E-state index is 10.8. The molecule has 9 heteroatoms. The zero-order valence-corrected chi connectivity index (χ0v) is 24.7. The Morgan fingerprint density at radius 2 is 1.50 bits per heavy atom. The Balaban J connectivity index is 1.29. The van der Waals surface area contributed by atoms with Crippen LogP contribution in [0.4, 0.5) is 0 Å². The Bertz CT molecular complexity index is 1470. The average Bonchev–Trinajstić information content (AvgIpc) is 3.04. The number of para-hydroxylation sites is 1. The minimum absolute atomic E-state index is 0.106. The molecule has 5 rings (SSSR count). The average molecular weight is 574 g/mol. The van der Waals surface area contributed by atoms with Crippen molar-refractivity contribution >= 4 is 10.9 Å². The number of hydrogen-bond donors (Lipinski definition) is 1. The number of β-amino-alcohol motifs (C(OH)–C–C–N with tert-alkyl or cyclic N) is 1. The predicted octanol–water partition coefficient (Wildman–Crippen LogP) is 4.42. The standard InChI is InChI=1S/C33H39N3O6/c1-38-29-14-13-23(20-31(29)40-3)32(26-8-5-12-30(39-2)33(26)41-4)36-18-16-35(17-19-36)21-24(37)22-42-28-11-6-10-27-25(28)9-7-15-34-27/h5-15,20,24,32,37H,16-19,21-22H2,1-4H3. The molecule has 2 unspecified atom stereocenters. The monoisotopic (exact) mass is 573 g/mol. The topological polar surface area (TPSA) is 85.8 Å². The smallest absolute Gasteiger partial charge is 0.165 e. The van der Waals surface area contributed by atoms with Crippen molar-refractivity contribution in [1.29, 1.82) is 0 Å². The Morgan fingerprint density at radius 1 is 0.762 bits per heavy atom. The van der Waals surface area contributed by atoms with E-state index < -0.39 is 6.10 Å². The first-order valence-electron chi connectivity index (χ1n) is 14.1. The Hall–Kier alpha value is -4.05. The Morgan fingerprint density at radius 3 is 2.24 bits per heavy atom. The van der Waals surface area contributed by atoms with Gasteiger partial charge in [0.25, 0.3) is 0 Å². The summed E-state index contributed by atoms with van der Waals surface area (Å²) in [4.78, 5) is 9.10. The molecule has 0 saturated carbocycles. The van der Waals surface area contributed by atoms with Gasteiger partial charge in [-0.2, -0.15) is 0 Å². The van der Waals surface area contributed by atoms with Gasteiger partial charge in [0.15, 0.2) is 23.0 Å². The molecular formula is C33H39N3O6. The van der Waals surface area contributed by atoms with Crippen LogP contribution in [0.5, 0.6) is 28.7 Å². The lowest BCUT2D eigenvalue weighted by Gasteiger charge is -2.40. The molecule has 0 spiro atoms. The number of nitrogens with zero attached hydrogens (tertiary/aromatic N) is 3. The van der Waals surface area contributed by atoms with Gasteiger partial charge >= 0.3 is 0 Å². The fraction of sp³-hybridized carbons (Fsp3) is 0.364. The van der Waals surface area contributed by atoms with Crippen LogP contribution in [0, 0.1) is 0 Å². The molecule has 1 aliphatic heterocycles. The zero-order valence-electron chi connectivity index (χ0n) is 24.7. The van der Waals surface area contributed by atoms with Crippen LogP contribution < -0.4 is 23.7 Å². The molecule has 222 valence electrons. The van der Waals surface area contributed by atoms with Crippen LogP contribution in [-0.4, -0.2) is 93.8 Å². The van der Waals surface area contributed by atoms with E-state index in [-0.39, 0.29) is 12.6 Å². The number of aliphatic hydroxyl groups excluding tert-OH is 1. The third kappa shape index (κ3) is 6.38. The number of pyridine rings is 1. The maximum atomic E-state index is 10.8. The fourth-order valence-electron chi connectivity index (χ4n) is 5.68. The van der Waals surface area contributed by atoms with E-state index in [1.807, 2.05) is 54.6 Å². The lowest BCUT2D eigenvalue weighted by atomic mass is 9.94. The van der Waals surface area contributed by atoms with E-state index in [4.69, 9.17) is 23.7 Å². The summed E-state index contributed by atoms with van der Waals surface area (Å²) in [7, 11) is 6.60. The SMILES string of the molecule is COc1ccc(C(c2cccc(OC)c2OC)N2CCN(CC(O)COc3cccc4ncccc34)CC2)cc1OC. The van der Waals surface area contributed by atoms with E-state index in [2.05, 4.69) is 26.9 Å². The second-order valence-corrected chi connectivity index (χ2v) is 10.2. The van der Waals surface area contributed by atoms with Crippen LogP contribution in [0.25, 0.3) is 10.9 Å². The van der Waals surface area contributed by atoms with Gasteiger partial charge in [0, 0.05) is 49.9 Å². The van der Waals surface area contributed by atoms with Gasteiger partial charge in [0.2, 0.25) is 0 Å². The molecular weight excluding hydrogens is 534 g/mol. The van der Waals surface area contributed by atoms with Crippen LogP contribution in [-0.2, 0) is 0 Å². The summed E-state index contributed by atoms with van der Waals surface area (Å²) >= 11 is 0. The lowest BCUT2D eigenvalue weighted by Crippen LogP contribution is -2.50. The minimum Gasteiger partial charge on any atom is -0.493 e. The van der Waals surface area contributed by atoms with Crippen molar-refractivity contribution in [3.8, 4) is 28.7 Å². The second kappa shape index (κ2) is 13.7. The van der Waals surface area contributed by atoms with Gasteiger partial charge in [0.1, 0.15) is 18.5 Å². The summed E-state index contributed by atoms with van der Waals surface area (Å²) in [5.74, 6) is 3.47. The third-order valence-electron chi connectivity index (χ3n) is 7.73. The zero-order chi connectivity index (χ0) is 29.5. The van der Waals surface area contributed by atoms with Crippen molar-refractivity contribution in [1.82, 2.24) is 14.8 Å². The van der Waals surface area contributed by atoms with Gasteiger partial charge in [-0.25, -0.2) is 0 Å². The summed E-state index contributed by atoms with van der Waals surface area (Å²) in [5.41, 5.74) is 2.94. The normalized spacial score (nSPS) is 15.6. The number of aromatic nitrogens is 1. The molecule has 1 N–H and O–H groups in total. The molecule has 1 saturated heterocycles. The van der Waals surface area contributed by atoms with Gasteiger partial charge in [-0.1, -0.05) is 24.3 Å². The molecule has 4 aromatic rings. The Labute approximate surface area is 247 Å². The number of benzene rings is 3. The van der Waals surface area contributed by atoms with E-state index in [0.717, 1.165) is 54.0 Å². The van der Waals surface area contributed by atoms with Gasteiger partial charge < -0.3 is 28.8 Å². The highest BCUT2D eigenvalue weighted by Gasteiger charge is 2.31. The van der Waals surface area contributed by atoms with Gasteiger partial charge in [-0.05, 0) is 48.0 Å². The molecule has 1 aliphatic rings. The molecule has 0 amide bonds. The lowest BCUT2D eigenvalue weighted by molar-refractivity contribution is 0.0401. The minimum atomic E-state index is -0.622. The van der Waals surface area contributed by atoms with Gasteiger partial charge in [0.05, 0.1) is 40.0 Å². The van der Waals surface area contributed by atoms with Crippen LogP contribution >= 0.6 is 0 Å². The number of aliphatic hydroxyl groups is 1. The highest BCUT2D eigenvalue weighted by atomic mass is 16.5. The first-order chi connectivity index (χ1) is 20.6. The first-order valence-corrected chi connectivity index (χ1v) is 14.1. The summed E-state index contributed by atoms with van der Waals surface area (Å²) in [6.07, 6.45) is 1.14. The van der Waals surface area contributed by atoms with Crippen molar-refractivity contribution in [2.24, 2.45) is 0 Å². The summed E-state index contributed by atoms with van der Waals surface area (Å²) in [5, 5.41) is 11.8. The number of fused-ring (bicyclic) bond motifs is 1. The highest BCUT2D eigenvalue weighted by molar-refractivity contribution is 5.84. The number of hydrogen-bond acceptors (Lipinski definition) is 9. The Kier molecular flexibility index (Phi) is 9.63. The molecule has 2 heterocycles.